The van der Waals surface area contributed by atoms with Crippen LogP contribution in [0.25, 0.3) is 59.9 Å². The lowest BCUT2D eigenvalue weighted by Gasteiger charge is -2.39. The second kappa shape index (κ2) is 13.0. The van der Waals surface area contributed by atoms with Crippen LogP contribution in [0.3, 0.4) is 0 Å². The van der Waals surface area contributed by atoms with Gasteiger partial charge in [0.05, 0.1) is 27.2 Å². The topological polar surface area (TPSA) is 81.4 Å². The van der Waals surface area contributed by atoms with Crippen LogP contribution in [-0.2, 0) is 19.4 Å². The highest BCUT2D eigenvalue weighted by Gasteiger charge is 2.31. The van der Waals surface area contributed by atoms with Crippen molar-refractivity contribution >= 4 is 48.8 Å². The van der Waals surface area contributed by atoms with Crippen LogP contribution in [0.5, 0.6) is 0 Å². The second-order valence-corrected chi connectivity index (χ2v) is 15.4. The number of nitrogens with zero attached hydrogens (tertiary/aromatic N) is 3. The third-order valence-corrected chi connectivity index (χ3v) is 12.3. The molecule has 4 heterocycles. The van der Waals surface area contributed by atoms with E-state index in [1.165, 1.54) is 61.2 Å². The number of benzene rings is 5. The van der Waals surface area contributed by atoms with Gasteiger partial charge in [-0.1, -0.05) is 87.6 Å². The van der Waals surface area contributed by atoms with Crippen LogP contribution in [0.2, 0.25) is 0 Å². The zero-order chi connectivity index (χ0) is 36.5. The van der Waals surface area contributed by atoms with Crippen molar-refractivity contribution in [3.63, 3.8) is 0 Å². The lowest BCUT2D eigenvalue weighted by molar-refractivity contribution is 0.547. The van der Waals surface area contributed by atoms with Crippen LogP contribution in [0.4, 0.5) is 5.69 Å². The first-order valence-corrected chi connectivity index (χ1v) is 19.6. The molecule has 53 heavy (non-hydrogen) atoms. The summed E-state index contributed by atoms with van der Waals surface area (Å²) in [7, 11) is 0. The highest BCUT2D eigenvalue weighted by atomic mass is 16.2. The van der Waals surface area contributed by atoms with Gasteiger partial charge in [-0.05, 0) is 102 Å². The lowest BCUT2D eigenvalue weighted by atomic mass is 9.79. The molecule has 0 aliphatic carbocycles. The van der Waals surface area contributed by atoms with E-state index in [0.717, 1.165) is 98.0 Å². The maximum absolute atomic E-state index is 14.5. The van der Waals surface area contributed by atoms with E-state index in [2.05, 4.69) is 37.8 Å². The van der Waals surface area contributed by atoms with Gasteiger partial charge in [-0.25, -0.2) is 4.57 Å². The summed E-state index contributed by atoms with van der Waals surface area (Å²) < 4.78 is 2.56. The quantitative estimate of drug-likeness (QED) is 0.111. The highest BCUT2D eigenvalue weighted by Crippen LogP contribution is 2.48. The van der Waals surface area contributed by atoms with Gasteiger partial charge < -0.3 is 4.90 Å². The van der Waals surface area contributed by atoms with Crippen molar-refractivity contribution in [1.82, 2.24) is 9.13 Å². The van der Waals surface area contributed by atoms with Crippen molar-refractivity contribution in [1.29, 1.82) is 0 Å². The Morgan fingerprint density at radius 2 is 1.00 bits per heavy atom. The van der Waals surface area contributed by atoms with Gasteiger partial charge in [0.25, 0.3) is 22.2 Å². The Morgan fingerprint density at radius 3 is 1.53 bits per heavy atom. The molecule has 2 aliphatic heterocycles. The SMILES string of the molecule is CCCCCCCCn1c(=O)c2cc3c(=O)n(-c4c5ccccc5c(-c5c(C)c6c7c(c5C)CCCN7CCC6)c5ccccc45)c(=O)c3cc2c1=O. The molecule has 0 N–H and O–H groups in total. The zero-order valence-electron chi connectivity index (χ0n) is 30.9. The third-order valence-electron chi connectivity index (χ3n) is 12.3. The smallest absolute Gasteiger partial charge is 0.266 e. The molecule has 5 aromatic carbocycles. The fourth-order valence-electron chi connectivity index (χ4n) is 9.81. The fraction of sp³-hybridized carbons (Fsp3) is 0.348. The molecule has 0 saturated heterocycles. The maximum Gasteiger partial charge on any atom is 0.266 e. The predicted molar refractivity (Wildman–Crippen MR) is 218 cm³/mol. The number of rotatable bonds is 9. The number of unbranched alkanes of at least 4 members (excludes halogenated alkanes) is 5. The van der Waals surface area contributed by atoms with Gasteiger partial charge in [-0.2, -0.15) is 0 Å². The largest absolute Gasteiger partial charge is 0.371 e. The molecule has 7 aromatic rings. The predicted octanol–water partition coefficient (Wildman–Crippen LogP) is 8.55. The summed E-state index contributed by atoms with van der Waals surface area (Å²) in [6.45, 7) is 9.28. The average Bonchev–Trinajstić information content (AvgIpc) is 3.56. The van der Waals surface area contributed by atoms with Crippen molar-refractivity contribution in [3.05, 3.63) is 124 Å². The number of hydrogen-bond donors (Lipinski definition) is 0. The normalized spacial score (nSPS) is 14.3. The van der Waals surface area contributed by atoms with Gasteiger partial charge in [0.15, 0.2) is 0 Å². The Labute approximate surface area is 307 Å². The monoisotopic (exact) mass is 703 g/mol. The summed E-state index contributed by atoms with van der Waals surface area (Å²) >= 11 is 0. The minimum Gasteiger partial charge on any atom is -0.371 e. The summed E-state index contributed by atoms with van der Waals surface area (Å²) in [6.07, 6.45) is 10.7. The number of anilines is 1. The van der Waals surface area contributed by atoms with Crippen molar-refractivity contribution in [3.8, 4) is 16.8 Å². The molecule has 0 radical (unpaired) electrons. The van der Waals surface area contributed by atoms with E-state index < -0.39 is 22.2 Å². The van der Waals surface area contributed by atoms with Gasteiger partial charge in [0.1, 0.15) is 0 Å². The average molecular weight is 704 g/mol. The summed E-state index contributed by atoms with van der Waals surface area (Å²) in [5.74, 6) is 0. The first kappa shape index (κ1) is 33.5. The van der Waals surface area contributed by atoms with Crippen LogP contribution in [0, 0.1) is 13.8 Å². The van der Waals surface area contributed by atoms with Gasteiger partial charge in [-0.3, -0.25) is 23.7 Å². The summed E-state index contributed by atoms with van der Waals surface area (Å²) in [6, 6.07) is 19.2. The number of hydrogen-bond acceptors (Lipinski definition) is 5. The number of aromatic nitrogens is 2. The van der Waals surface area contributed by atoms with E-state index in [-0.39, 0.29) is 21.5 Å². The second-order valence-electron chi connectivity index (χ2n) is 15.4. The Morgan fingerprint density at radius 1 is 0.528 bits per heavy atom. The fourth-order valence-corrected chi connectivity index (χ4v) is 9.81. The molecule has 7 nitrogen and oxygen atoms in total. The molecule has 9 rings (SSSR count). The summed E-state index contributed by atoms with van der Waals surface area (Å²) in [5, 5.41) is 4.33. The highest BCUT2D eigenvalue weighted by molar-refractivity contribution is 6.19. The van der Waals surface area contributed by atoms with Crippen LogP contribution in [-0.4, -0.2) is 22.2 Å². The maximum atomic E-state index is 14.5. The van der Waals surface area contributed by atoms with E-state index in [9.17, 15) is 19.2 Å². The first-order chi connectivity index (χ1) is 25.8. The molecule has 0 spiro atoms. The van der Waals surface area contributed by atoms with Crippen LogP contribution < -0.4 is 27.1 Å². The molecular weight excluding hydrogens is 659 g/mol. The van der Waals surface area contributed by atoms with Crippen molar-refractivity contribution in [2.24, 2.45) is 0 Å². The molecule has 0 amide bonds. The van der Waals surface area contributed by atoms with E-state index >= 15 is 0 Å². The molecule has 0 bridgehead atoms. The van der Waals surface area contributed by atoms with Crippen LogP contribution in [0.15, 0.2) is 79.8 Å². The van der Waals surface area contributed by atoms with Crippen LogP contribution >= 0.6 is 0 Å². The van der Waals surface area contributed by atoms with Crippen molar-refractivity contribution in [2.75, 3.05) is 18.0 Å². The van der Waals surface area contributed by atoms with E-state index in [1.54, 1.807) is 0 Å². The molecule has 0 atom stereocenters. The lowest BCUT2D eigenvalue weighted by Crippen LogP contribution is -2.35. The van der Waals surface area contributed by atoms with Crippen LogP contribution in [0.1, 0.15) is 80.5 Å². The Bertz CT molecular complexity index is 2680. The Hall–Kier alpha value is -5.30. The molecule has 0 saturated carbocycles. The molecule has 0 unspecified atom stereocenters. The molecule has 268 valence electrons. The Balaban J connectivity index is 1.26. The Kier molecular flexibility index (Phi) is 8.21. The van der Waals surface area contributed by atoms with Crippen molar-refractivity contribution in [2.45, 2.75) is 91.5 Å². The molecular formula is C46H45N3O4. The molecule has 0 fully saturated rings. The molecule has 2 aromatic heterocycles. The van der Waals surface area contributed by atoms with Gasteiger partial charge in [-0.15, -0.1) is 0 Å². The van der Waals surface area contributed by atoms with E-state index in [1.807, 2.05) is 36.4 Å². The first-order valence-electron chi connectivity index (χ1n) is 19.6. The molecule has 2 aliphatic rings. The van der Waals surface area contributed by atoms with Crippen molar-refractivity contribution < 1.29 is 0 Å². The van der Waals surface area contributed by atoms with Gasteiger partial charge in [0.2, 0.25) is 0 Å². The molecule has 7 heteroatoms. The minimum absolute atomic E-state index is 0.165. The van der Waals surface area contributed by atoms with E-state index in [0.29, 0.717) is 12.2 Å². The van der Waals surface area contributed by atoms with E-state index in [4.69, 9.17) is 0 Å². The van der Waals surface area contributed by atoms with Gasteiger partial charge >= 0.3 is 0 Å². The third kappa shape index (κ3) is 4.99. The summed E-state index contributed by atoms with van der Waals surface area (Å²) in [5.41, 5.74) is 8.16. The minimum atomic E-state index is -0.476. The summed E-state index contributed by atoms with van der Waals surface area (Å²) in [4.78, 5) is 58.7. The van der Waals surface area contributed by atoms with Gasteiger partial charge in [0, 0.05) is 36.1 Å². The standard InChI is InChI=1S/C46H45N3O4/c1-4-5-6-7-8-13-24-48-43(50)35-25-37-38(26-36(35)44(48)51)46(53)49(45(37)52)42-33-18-11-9-16-31(33)40(32-17-10-12-19-34(32)42)39-27(2)29-20-14-22-47-23-15-21-30(28(39)3)41(29)47/h9-12,16-19,25-26H,4-8,13-15,20-24H2,1-3H3. The number of fused-ring (bicyclic) bond motifs is 4. The zero-order valence-corrected chi connectivity index (χ0v) is 30.9.